The first-order valence-electron chi connectivity index (χ1n) is 10.8. The molecule has 2 amide bonds. The molecule has 2 aromatic rings. The smallest absolute Gasteiger partial charge is 0.415 e. The van der Waals surface area contributed by atoms with Crippen LogP contribution in [0.15, 0.2) is 41.7 Å². The Labute approximate surface area is 194 Å². The molecule has 0 bridgehead atoms. The number of nitrogens with one attached hydrogen (secondary N) is 1. The number of aliphatic hydroxyl groups is 2. The summed E-state index contributed by atoms with van der Waals surface area (Å²) >= 11 is 0. The van der Waals surface area contributed by atoms with Crippen LogP contribution in [0.5, 0.6) is 0 Å². The van der Waals surface area contributed by atoms with E-state index in [1.165, 1.54) is 7.11 Å². The van der Waals surface area contributed by atoms with Crippen LogP contribution < -0.4 is 10.2 Å². The van der Waals surface area contributed by atoms with Gasteiger partial charge in [0.05, 0.1) is 44.3 Å². The summed E-state index contributed by atoms with van der Waals surface area (Å²) in [4.78, 5) is 35.2. The number of carbonyl (C=O) groups is 2. The summed E-state index contributed by atoms with van der Waals surface area (Å²) in [6, 6.07) is 9.37. The molecule has 0 radical (unpaired) electrons. The highest BCUT2D eigenvalue weighted by atomic mass is 16.7. The van der Waals surface area contributed by atoms with Gasteiger partial charge in [0, 0.05) is 18.2 Å². The highest BCUT2D eigenvalue weighted by Gasteiger charge is 2.47. The number of rotatable bonds is 6. The molecule has 1 aromatic heterocycles. The fraction of sp³-hybridized carbons (Fsp3) is 0.391. The van der Waals surface area contributed by atoms with Gasteiger partial charge in [0.25, 0.3) is 0 Å². The lowest BCUT2D eigenvalue weighted by molar-refractivity contribution is -0.0878. The average molecular weight is 468 g/mol. The van der Waals surface area contributed by atoms with Crippen molar-refractivity contribution in [2.24, 2.45) is 5.16 Å². The normalized spacial score (nSPS) is 21.9. The first-order valence-corrected chi connectivity index (χ1v) is 10.8. The summed E-state index contributed by atoms with van der Waals surface area (Å²) in [5.41, 5.74) is 3.71. The van der Waals surface area contributed by atoms with Crippen LogP contribution >= 0.6 is 0 Å². The molecule has 3 aliphatic heterocycles. The van der Waals surface area contributed by atoms with Gasteiger partial charge in [-0.3, -0.25) is 9.88 Å². The molecular formula is C23H24N4O7. The molecule has 1 aromatic carbocycles. The van der Waals surface area contributed by atoms with E-state index in [-0.39, 0.29) is 32.2 Å². The van der Waals surface area contributed by atoms with Crippen LogP contribution in [0, 0.1) is 0 Å². The predicted octanol–water partition coefficient (Wildman–Crippen LogP) is 1.20. The van der Waals surface area contributed by atoms with Crippen LogP contribution in [0.4, 0.5) is 15.3 Å². The van der Waals surface area contributed by atoms with Crippen LogP contribution in [0.1, 0.15) is 17.7 Å². The van der Waals surface area contributed by atoms with Crippen molar-refractivity contribution in [2.45, 2.75) is 30.6 Å². The molecule has 1 fully saturated rings. The van der Waals surface area contributed by atoms with E-state index in [4.69, 9.17) is 9.57 Å². The third-order valence-corrected chi connectivity index (χ3v) is 6.42. The Kier molecular flexibility index (Phi) is 5.58. The maximum atomic E-state index is 12.4. The standard InChI is InChI=1S/C23H24N4O7/c1-32-21(30)25-10-20-19-7-15-6-13(3-5-18(15)27(19)22(31)33-20)14-2-4-16(24-9-14)17-8-23(11-28,12-29)34-26-17/h2-6,9,19-20,28-29H,7-8,10-12H2,1H3,(H,25,30)/t19-,20-/m0/s1. The van der Waals surface area contributed by atoms with Gasteiger partial charge in [0.15, 0.2) is 5.60 Å². The van der Waals surface area contributed by atoms with Crippen LogP contribution in [0.3, 0.4) is 0 Å². The van der Waals surface area contributed by atoms with E-state index in [1.807, 2.05) is 30.3 Å². The predicted molar refractivity (Wildman–Crippen MR) is 119 cm³/mol. The number of fused-ring (bicyclic) bond motifs is 3. The van der Waals surface area contributed by atoms with Crippen molar-refractivity contribution in [1.82, 2.24) is 10.3 Å². The monoisotopic (exact) mass is 468 g/mol. The van der Waals surface area contributed by atoms with Crippen molar-refractivity contribution in [1.29, 1.82) is 0 Å². The second-order valence-electron chi connectivity index (χ2n) is 8.52. The lowest BCUT2D eigenvalue weighted by Gasteiger charge is -2.20. The molecule has 1 saturated heterocycles. The molecule has 34 heavy (non-hydrogen) atoms. The largest absolute Gasteiger partial charge is 0.453 e. The third kappa shape index (κ3) is 3.72. The number of nitrogens with zero attached hydrogens (tertiary/aromatic N) is 3. The van der Waals surface area contributed by atoms with Crippen LogP contribution in [0.25, 0.3) is 11.1 Å². The minimum absolute atomic E-state index is 0.174. The summed E-state index contributed by atoms with van der Waals surface area (Å²) in [5.74, 6) is 0. The zero-order valence-electron chi connectivity index (χ0n) is 18.4. The Morgan fingerprint density at radius 2 is 2.06 bits per heavy atom. The Balaban J connectivity index is 1.31. The highest BCUT2D eigenvalue weighted by molar-refractivity contribution is 6.00. The number of amides is 2. The summed E-state index contributed by atoms with van der Waals surface area (Å²) in [6.45, 7) is -0.503. The number of oxime groups is 1. The van der Waals surface area contributed by atoms with Crippen molar-refractivity contribution in [3.05, 3.63) is 47.8 Å². The van der Waals surface area contributed by atoms with Gasteiger partial charge in [-0.1, -0.05) is 17.3 Å². The van der Waals surface area contributed by atoms with E-state index in [0.717, 1.165) is 22.4 Å². The molecule has 4 heterocycles. The number of methoxy groups -OCH3 is 1. The van der Waals surface area contributed by atoms with Gasteiger partial charge in [0.1, 0.15) is 11.8 Å². The third-order valence-electron chi connectivity index (χ3n) is 6.42. The van der Waals surface area contributed by atoms with E-state index in [2.05, 4.69) is 20.2 Å². The number of ether oxygens (including phenoxy) is 2. The van der Waals surface area contributed by atoms with E-state index in [1.54, 1.807) is 11.1 Å². The number of alkyl carbamates (subject to hydrolysis) is 1. The first-order chi connectivity index (χ1) is 16.5. The number of pyridine rings is 1. The lowest BCUT2D eigenvalue weighted by Crippen LogP contribution is -2.40. The summed E-state index contributed by atoms with van der Waals surface area (Å²) < 4.78 is 10.0. The van der Waals surface area contributed by atoms with E-state index in [9.17, 15) is 19.8 Å². The van der Waals surface area contributed by atoms with Crippen LogP contribution in [-0.2, 0) is 20.7 Å². The second kappa shape index (κ2) is 8.58. The Morgan fingerprint density at radius 1 is 1.26 bits per heavy atom. The molecular weight excluding hydrogens is 444 g/mol. The molecule has 2 atom stereocenters. The number of hydrogen-bond donors (Lipinski definition) is 3. The van der Waals surface area contributed by atoms with Gasteiger partial charge >= 0.3 is 12.2 Å². The molecule has 178 valence electrons. The maximum absolute atomic E-state index is 12.4. The molecule has 0 unspecified atom stereocenters. The van der Waals surface area contributed by atoms with E-state index >= 15 is 0 Å². The number of cyclic esters (lactones) is 1. The number of anilines is 1. The fourth-order valence-electron chi connectivity index (χ4n) is 4.50. The van der Waals surface area contributed by atoms with Crippen molar-refractivity contribution < 1.29 is 34.1 Å². The molecule has 11 nitrogen and oxygen atoms in total. The van der Waals surface area contributed by atoms with Crippen molar-refractivity contribution in [2.75, 3.05) is 31.8 Å². The SMILES string of the molecule is COC(=O)NC[C@@H]1OC(=O)N2c3ccc(-c4ccc(C5=NOC(CO)(CO)C5)nc4)cc3C[C@@H]12. The zero-order valence-corrected chi connectivity index (χ0v) is 18.4. The van der Waals surface area contributed by atoms with Gasteiger partial charge in [-0.05, 0) is 35.7 Å². The molecule has 5 rings (SSSR count). The van der Waals surface area contributed by atoms with Crippen molar-refractivity contribution in [3.63, 3.8) is 0 Å². The number of carbonyl (C=O) groups excluding carboxylic acids is 2. The van der Waals surface area contributed by atoms with Crippen molar-refractivity contribution in [3.8, 4) is 11.1 Å². The van der Waals surface area contributed by atoms with E-state index in [0.29, 0.717) is 17.8 Å². The molecule has 0 saturated carbocycles. The van der Waals surface area contributed by atoms with Crippen molar-refractivity contribution >= 4 is 23.6 Å². The maximum Gasteiger partial charge on any atom is 0.415 e. The second-order valence-corrected chi connectivity index (χ2v) is 8.52. The Morgan fingerprint density at radius 3 is 2.74 bits per heavy atom. The topological polar surface area (TPSA) is 143 Å². The fourth-order valence-corrected chi connectivity index (χ4v) is 4.50. The first kappa shape index (κ1) is 22.1. The Bertz CT molecular complexity index is 1150. The molecule has 11 heteroatoms. The number of aromatic nitrogens is 1. The highest BCUT2D eigenvalue weighted by Crippen LogP contribution is 2.40. The Hall–Kier alpha value is -3.70. The van der Waals surface area contributed by atoms with Crippen LogP contribution in [0.2, 0.25) is 0 Å². The van der Waals surface area contributed by atoms with Gasteiger partial charge in [-0.2, -0.15) is 0 Å². The molecule has 3 aliphatic rings. The minimum Gasteiger partial charge on any atom is -0.453 e. The zero-order chi connectivity index (χ0) is 23.9. The van der Waals surface area contributed by atoms with Gasteiger partial charge in [-0.15, -0.1) is 0 Å². The quantitative estimate of drug-likeness (QED) is 0.574. The van der Waals surface area contributed by atoms with E-state index < -0.39 is 23.9 Å². The number of benzene rings is 1. The molecule has 0 aliphatic carbocycles. The molecule has 3 N–H and O–H groups in total. The van der Waals surface area contributed by atoms with Gasteiger partial charge < -0.3 is 29.8 Å². The summed E-state index contributed by atoms with van der Waals surface area (Å²) in [6.07, 6.45) is 1.13. The van der Waals surface area contributed by atoms with Gasteiger partial charge in [-0.25, -0.2) is 9.59 Å². The summed E-state index contributed by atoms with van der Waals surface area (Å²) in [5, 5.41) is 25.5. The van der Waals surface area contributed by atoms with Gasteiger partial charge in [0.2, 0.25) is 0 Å². The average Bonchev–Trinajstić information content (AvgIpc) is 3.56. The lowest BCUT2D eigenvalue weighted by atomic mass is 9.97. The number of hydrogen-bond acceptors (Lipinski definition) is 9. The van der Waals surface area contributed by atoms with Crippen LogP contribution in [-0.4, -0.2) is 77.7 Å². The minimum atomic E-state index is -1.10. The summed E-state index contributed by atoms with van der Waals surface area (Å²) in [7, 11) is 1.28. The number of aliphatic hydroxyl groups excluding tert-OH is 2. The molecule has 0 spiro atoms.